The predicted molar refractivity (Wildman–Crippen MR) is 92.8 cm³/mol. The molecule has 2 aliphatic rings. The van der Waals surface area contributed by atoms with Gasteiger partial charge in [-0.1, -0.05) is 27.7 Å². The van der Waals surface area contributed by atoms with Crippen molar-refractivity contribution < 1.29 is 22.8 Å². The van der Waals surface area contributed by atoms with E-state index in [4.69, 9.17) is 18.2 Å². The summed E-state index contributed by atoms with van der Waals surface area (Å²) in [5, 5.41) is 0.154. The molecule has 2 heterocycles. The van der Waals surface area contributed by atoms with Gasteiger partial charge in [-0.15, -0.1) is 0 Å². The zero-order chi connectivity index (χ0) is 17.0. The van der Waals surface area contributed by atoms with Crippen LogP contribution < -0.4 is 0 Å². The molecule has 3 atom stereocenters. The molecule has 5 nitrogen and oxygen atoms in total. The smallest absolute Gasteiger partial charge is 0.327 e. The maximum absolute atomic E-state index is 11.9. The van der Waals surface area contributed by atoms with Gasteiger partial charge in [0.2, 0.25) is 0 Å². The molecule has 0 aromatic rings. The summed E-state index contributed by atoms with van der Waals surface area (Å²) in [6.07, 6.45) is 0.0161. The Labute approximate surface area is 136 Å². The fourth-order valence-electron chi connectivity index (χ4n) is 2.83. The molecule has 1 unspecified atom stereocenters. The van der Waals surface area contributed by atoms with E-state index >= 15 is 0 Å². The van der Waals surface area contributed by atoms with Gasteiger partial charge in [0.25, 0.3) is 0 Å². The third kappa shape index (κ3) is 3.40. The lowest BCUT2D eigenvalue weighted by atomic mass is 9.83. The lowest BCUT2D eigenvalue weighted by molar-refractivity contribution is -0.112. The zero-order valence-electron chi connectivity index (χ0n) is 15.1. The number of ether oxygens (including phenoxy) is 1. The van der Waals surface area contributed by atoms with Crippen LogP contribution in [0.2, 0.25) is 18.1 Å². The first-order valence-electron chi connectivity index (χ1n) is 8.02. The molecule has 22 heavy (non-hydrogen) atoms. The summed E-state index contributed by atoms with van der Waals surface area (Å²) in [6, 6.07) is -0.0225. The SMILES string of the molecule is B[C@@H]1OC2(COP(C)(=O)OC2)C(C)[C@@H]1O[Si](C)(C)C(C)(C)C. The number of hydrogen-bond donors (Lipinski definition) is 0. The van der Waals surface area contributed by atoms with E-state index in [1.54, 1.807) is 0 Å². The van der Waals surface area contributed by atoms with Gasteiger partial charge in [0.05, 0.1) is 19.3 Å². The summed E-state index contributed by atoms with van der Waals surface area (Å²) in [7, 11) is -2.74. The highest BCUT2D eigenvalue weighted by Gasteiger charge is 2.57. The van der Waals surface area contributed by atoms with Gasteiger partial charge in [0.1, 0.15) is 13.4 Å². The van der Waals surface area contributed by atoms with E-state index in [1.807, 2.05) is 7.85 Å². The second-order valence-electron chi connectivity index (χ2n) is 8.34. The van der Waals surface area contributed by atoms with Crippen LogP contribution in [0.25, 0.3) is 0 Å². The van der Waals surface area contributed by atoms with Gasteiger partial charge in [-0.05, 0) is 18.1 Å². The molecule has 0 aliphatic carbocycles. The van der Waals surface area contributed by atoms with E-state index in [9.17, 15) is 4.57 Å². The largest absolute Gasteiger partial charge is 0.412 e. The molecule has 8 heteroatoms. The van der Waals surface area contributed by atoms with Crippen LogP contribution >= 0.6 is 7.60 Å². The van der Waals surface area contributed by atoms with Gasteiger partial charge in [0.15, 0.2) is 8.32 Å². The van der Waals surface area contributed by atoms with Gasteiger partial charge in [0, 0.05) is 18.6 Å². The minimum atomic E-state index is -2.91. The summed E-state index contributed by atoms with van der Waals surface area (Å²) in [5.41, 5.74) is -0.545. The first kappa shape index (κ1) is 18.7. The van der Waals surface area contributed by atoms with Gasteiger partial charge in [-0.3, -0.25) is 4.57 Å². The second-order valence-corrected chi connectivity index (χ2v) is 15.2. The zero-order valence-corrected chi connectivity index (χ0v) is 17.0. The molecule has 0 bridgehead atoms. The van der Waals surface area contributed by atoms with Crippen molar-refractivity contribution in [3.05, 3.63) is 0 Å². The molecule has 0 saturated carbocycles. The van der Waals surface area contributed by atoms with E-state index in [2.05, 4.69) is 40.8 Å². The highest BCUT2D eigenvalue weighted by molar-refractivity contribution is 7.53. The van der Waals surface area contributed by atoms with Crippen LogP contribution in [0.1, 0.15) is 27.7 Å². The molecule has 2 aliphatic heterocycles. The maximum atomic E-state index is 11.9. The lowest BCUT2D eigenvalue weighted by Gasteiger charge is -2.42. The summed E-state index contributed by atoms with van der Waals surface area (Å²) in [4.78, 5) is 0. The highest BCUT2D eigenvalue weighted by Crippen LogP contribution is 2.53. The van der Waals surface area contributed by atoms with E-state index in [1.165, 1.54) is 6.66 Å². The first-order chi connectivity index (χ1) is 9.80. The fourth-order valence-corrected chi connectivity index (χ4v) is 5.24. The predicted octanol–water partition coefficient (Wildman–Crippen LogP) is 2.61. The van der Waals surface area contributed by atoms with Crippen molar-refractivity contribution in [1.29, 1.82) is 0 Å². The van der Waals surface area contributed by atoms with E-state index in [-0.39, 0.29) is 23.1 Å². The Morgan fingerprint density at radius 1 is 1.27 bits per heavy atom. The van der Waals surface area contributed by atoms with Gasteiger partial charge in [-0.25, -0.2) is 0 Å². The Morgan fingerprint density at radius 2 is 1.77 bits per heavy atom. The molecule has 2 rings (SSSR count). The molecule has 0 aromatic heterocycles. The van der Waals surface area contributed by atoms with E-state index in [0.717, 1.165) is 0 Å². The molecule has 0 amide bonds. The molecular weight excluding hydrogens is 318 g/mol. The minimum absolute atomic E-state index is 0.0161. The average molecular weight is 348 g/mol. The van der Waals surface area contributed by atoms with Crippen LogP contribution in [-0.2, 0) is 22.8 Å². The van der Waals surface area contributed by atoms with Crippen molar-refractivity contribution in [2.45, 2.75) is 63.5 Å². The molecular formula is C14H30BO5PSi. The Kier molecular flexibility index (Phi) is 4.85. The first-order valence-corrected chi connectivity index (χ1v) is 12.9. The summed E-state index contributed by atoms with van der Waals surface area (Å²) >= 11 is 0. The van der Waals surface area contributed by atoms with Crippen LogP contribution in [0.5, 0.6) is 0 Å². The van der Waals surface area contributed by atoms with Crippen LogP contribution in [0.4, 0.5) is 0 Å². The van der Waals surface area contributed by atoms with Crippen LogP contribution in [0.3, 0.4) is 0 Å². The summed E-state index contributed by atoms with van der Waals surface area (Å²) < 4.78 is 35.5. The Hall–Kier alpha value is 0.352. The van der Waals surface area contributed by atoms with Crippen LogP contribution in [0, 0.1) is 5.92 Å². The third-order valence-corrected chi connectivity index (χ3v) is 11.2. The molecule has 128 valence electrons. The van der Waals surface area contributed by atoms with Crippen molar-refractivity contribution in [3.8, 4) is 0 Å². The lowest BCUT2D eigenvalue weighted by Crippen LogP contribution is -2.50. The standard InChI is InChI=1S/C14H30BO5PSi/c1-10-11(20-22(6,7)13(2,3)4)12(15)19-14(10)8-17-21(5,16)18-9-14/h10-12H,8-9,15H2,1-7H3/t10?,11-,12+,14?,21?/m0/s1. The van der Waals surface area contributed by atoms with Gasteiger partial charge in [-0.2, -0.15) is 0 Å². The van der Waals surface area contributed by atoms with Crippen molar-refractivity contribution in [2.75, 3.05) is 19.9 Å². The average Bonchev–Trinajstić information content (AvgIpc) is 2.57. The van der Waals surface area contributed by atoms with Gasteiger partial charge >= 0.3 is 7.60 Å². The van der Waals surface area contributed by atoms with Crippen molar-refractivity contribution in [1.82, 2.24) is 0 Å². The van der Waals surface area contributed by atoms with Crippen molar-refractivity contribution in [2.24, 2.45) is 5.92 Å². The van der Waals surface area contributed by atoms with Crippen LogP contribution in [0.15, 0.2) is 0 Å². The summed E-state index contributed by atoms with van der Waals surface area (Å²) in [6.45, 7) is 15.5. The Morgan fingerprint density at radius 3 is 2.23 bits per heavy atom. The Balaban J connectivity index is 2.15. The summed E-state index contributed by atoms with van der Waals surface area (Å²) in [5.74, 6) is 0.136. The Bertz CT molecular complexity index is 466. The van der Waals surface area contributed by atoms with E-state index < -0.39 is 21.5 Å². The molecule has 2 fully saturated rings. The number of rotatable bonds is 2. The third-order valence-electron chi connectivity index (χ3n) is 5.53. The molecule has 0 N–H and O–H groups in total. The maximum Gasteiger partial charge on any atom is 0.327 e. The van der Waals surface area contributed by atoms with Crippen LogP contribution in [-0.4, -0.2) is 53.8 Å². The minimum Gasteiger partial charge on any atom is -0.412 e. The highest BCUT2D eigenvalue weighted by atomic mass is 31.2. The molecule has 0 aromatic carbocycles. The fraction of sp³-hybridized carbons (Fsp3) is 1.00. The normalized spacial score (nSPS) is 43.7. The topological polar surface area (TPSA) is 54.0 Å². The number of hydrogen-bond acceptors (Lipinski definition) is 5. The second kappa shape index (κ2) is 5.71. The quantitative estimate of drug-likeness (QED) is 0.567. The van der Waals surface area contributed by atoms with Crippen molar-refractivity contribution in [3.63, 3.8) is 0 Å². The molecule has 2 saturated heterocycles. The molecule has 0 radical (unpaired) electrons. The van der Waals surface area contributed by atoms with Gasteiger partial charge < -0.3 is 18.2 Å². The molecule has 1 spiro atoms. The van der Waals surface area contributed by atoms with Crippen molar-refractivity contribution >= 4 is 23.8 Å². The monoisotopic (exact) mass is 348 g/mol. The van der Waals surface area contributed by atoms with E-state index in [0.29, 0.717) is 13.2 Å².